The lowest BCUT2D eigenvalue weighted by molar-refractivity contribution is 0.134. The van der Waals surface area contributed by atoms with Gasteiger partial charge in [-0.15, -0.1) is 0 Å². The minimum absolute atomic E-state index is 0.510. The number of ether oxygens (including phenoxy) is 1. The average Bonchev–Trinajstić information content (AvgIpc) is 3.41. The van der Waals surface area contributed by atoms with Crippen LogP contribution in [0.5, 0.6) is 5.75 Å². The number of benzene rings is 2. The van der Waals surface area contributed by atoms with E-state index in [4.69, 9.17) is 26.3 Å². The van der Waals surface area contributed by atoms with Crippen molar-refractivity contribution in [2.75, 3.05) is 51.7 Å². The van der Waals surface area contributed by atoms with Crippen molar-refractivity contribution in [3.05, 3.63) is 84.1 Å². The molecule has 0 saturated carbocycles. The summed E-state index contributed by atoms with van der Waals surface area (Å²) in [5, 5.41) is 4.05. The average molecular weight is 489 g/mol. The third-order valence-electron chi connectivity index (χ3n) is 6.08. The first-order valence-corrected chi connectivity index (χ1v) is 12.2. The van der Waals surface area contributed by atoms with Crippen molar-refractivity contribution in [2.45, 2.75) is 0 Å². The first-order chi connectivity index (χ1) is 17.1. The summed E-state index contributed by atoms with van der Waals surface area (Å²) in [6.45, 7) is 5.99. The zero-order valence-corrected chi connectivity index (χ0v) is 20.5. The molecule has 0 radical (unpaired) electrons. The fourth-order valence-electron chi connectivity index (χ4n) is 4.04. The number of hydrogen-bond acceptors (Lipinski definition) is 6. The van der Waals surface area contributed by atoms with Crippen molar-refractivity contribution in [2.24, 2.45) is 0 Å². The van der Waals surface area contributed by atoms with Crippen molar-refractivity contribution in [1.82, 2.24) is 24.3 Å². The Morgan fingerprint density at radius 3 is 2.46 bits per heavy atom. The molecule has 1 aliphatic rings. The first-order valence-electron chi connectivity index (χ1n) is 11.8. The van der Waals surface area contributed by atoms with Crippen LogP contribution < -0.4 is 10.1 Å². The molecular weight excluding hydrogens is 460 g/mol. The van der Waals surface area contributed by atoms with Gasteiger partial charge >= 0.3 is 0 Å². The summed E-state index contributed by atoms with van der Waals surface area (Å²) in [6, 6.07) is 21.5. The van der Waals surface area contributed by atoms with Crippen LogP contribution in [0.3, 0.4) is 0 Å². The third kappa shape index (κ3) is 6.19. The van der Waals surface area contributed by atoms with Gasteiger partial charge in [0.15, 0.2) is 0 Å². The molecule has 1 N–H and O–H groups in total. The SMILES string of the molecule is CN1CCN(CCOc2cccc(Nc3nc(-c4ccc(Cl)cc4)cc(-n4cccc4)n3)c2)CC1. The van der Waals surface area contributed by atoms with E-state index < -0.39 is 0 Å². The lowest BCUT2D eigenvalue weighted by Gasteiger charge is -2.32. The van der Waals surface area contributed by atoms with Crippen molar-refractivity contribution < 1.29 is 4.74 Å². The molecule has 4 aromatic rings. The van der Waals surface area contributed by atoms with Crippen LogP contribution in [0.1, 0.15) is 0 Å². The van der Waals surface area contributed by atoms with Crippen LogP contribution in [0.25, 0.3) is 17.1 Å². The maximum absolute atomic E-state index is 6.09. The maximum Gasteiger partial charge on any atom is 0.229 e. The number of anilines is 2. The lowest BCUT2D eigenvalue weighted by Crippen LogP contribution is -2.45. The molecule has 0 unspecified atom stereocenters. The Morgan fingerprint density at radius 1 is 0.914 bits per heavy atom. The van der Waals surface area contributed by atoms with Gasteiger partial charge in [-0.25, -0.2) is 4.98 Å². The molecule has 2 aromatic heterocycles. The molecule has 0 spiro atoms. The van der Waals surface area contributed by atoms with E-state index in [2.05, 4.69) is 22.2 Å². The van der Waals surface area contributed by atoms with E-state index in [1.165, 1.54) is 0 Å². The van der Waals surface area contributed by atoms with Gasteiger partial charge in [-0.3, -0.25) is 4.90 Å². The Bertz CT molecular complexity index is 1240. The minimum atomic E-state index is 0.510. The highest BCUT2D eigenvalue weighted by Crippen LogP contribution is 2.25. The second-order valence-corrected chi connectivity index (χ2v) is 9.11. The second-order valence-electron chi connectivity index (χ2n) is 8.68. The van der Waals surface area contributed by atoms with Crippen molar-refractivity contribution >= 4 is 23.2 Å². The summed E-state index contributed by atoms with van der Waals surface area (Å²) in [5.41, 5.74) is 2.64. The summed E-state index contributed by atoms with van der Waals surface area (Å²) in [6.07, 6.45) is 3.93. The highest BCUT2D eigenvalue weighted by molar-refractivity contribution is 6.30. The van der Waals surface area contributed by atoms with E-state index in [1.54, 1.807) is 0 Å². The van der Waals surface area contributed by atoms with Crippen LogP contribution in [-0.2, 0) is 0 Å². The van der Waals surface area contributed by atoms with Crippen molar-refractivity contribution in [3.8, 4) is 22.8 Å². The predicted molar refractivity (Wildman–Crippen MR) is 141 cm³/mol. The molecule has 2 aromatic carbocycles. The Hall–Kier alpha value is -3.39. The second kappa shape index (κ2) is 10.9. The van der Waals surface area contributed by atoms with Crippen LogP contribution in [0.4, 0.5) is 11.6 Å². The number of aromatic nitrogens is 3. The van der Waals surface area contributed by atoms with E-state index in [9.17, 15) is 0 Å². The standard InChI is InChI=1S/C27H29ClN6O/c1-32-13-15-33(16-14-32)17-18-35-24-6-4-5-23(19-24)29-27-30-25(21-7-9-22(28)10-8-21)20-26(31-27)34-11-2-3-12-34/h2-12,19-20H,13-18H2,1H3,(H,29,30,31). The molecule has 3 heterocycles. The Labute approximate surface area is 210 Å². The molecule has 0 amide bonds. The summed E-state index contributed by atoms with van der Waals surface area (Å²) in [7, 11) is 2.17. The van der Waals surface area contributed by atoms with Gasteiger partial charge in [0.25, 0.3) is 0 Å². The summed E-state index contributed by atoms with van der Waals surface area (Å²) in [4.78, 5) is 14.3. The molecule has 0 aliphatic carbocycles. The largest absolute Gasteiger partial charge is 0.492 e. The molecule has 1 saturated heterocycles. The van der Waals surface area contributed by atoms with Gasteiger partial charge in [-0.1, -0.05) is 29.8 Å². The van der Waals surface area contributed by atoms with Gasteiger partial charge in [0, 0.05) is 73.5 Å². The first kappa shape index (κ1) is 23.4. The highest BCUT2D eigenvalue weighted by Gasteiger charge is 2.13. The summed E-state index contributed by atoms with van der Waals surface area (Å²) in [5.74, 6) is 2.11. The number of nitrogens with one attached hydrogen (secondary N) is 1. The summed E-state index contributed by atoms with van der Waals surface area (Å²) < 4.78 is 8.01. The Morgan fingerprint density at radius 2 is 1.69 bits per heavy atom. The zero-order chi connectivity index (χ0) is 24.0. The third-order valence-corrected chi connectivity index (χ3v) is 6.34. The normalized spacial score (nSPS) is 14.7. The zero-order valence-electron chi connectivity index (χ0n) is 19.8. The fraction of sp³-hybridized carbons (Fsp3) is 0.259. The Kier molecular flexibility index (Phi) is 7.28. The minimum Gasteiger partial charge on any atom is -0.492 e. The quantitative estimate of drug-likeness (QED) is 0.378. The molecule has 35 heavy (non-hydrogen) atoms. The number of halogens is 1. The Balaban J connectivity index is 1.31. The van der Waals surface area contributed by atoms with E-state index in [0.717, 1.165) is 61.2 Å². The number of nitrogens with zero attached hydrogens (tertiary/aromatic N) is 5. The maximum atomic E-state index is 6.09. The molecule has 0 atom stereocenters. The van der Waals surface area contributed by atoms with E-state index in [1.807, 2.05) is 83.7 Å². The van der Waals surface area contributed by atoms with Gasteiger partial charge in [0.2, 0.25) is 5.95 Å². The number of piperazine rings is 1. The summed E-state index contributed by atoms with van der Waals surface area (Å²) >= 11 is 6.09. The molecule has 7 nitrogen and oxygen atoms in total. The van der Waals surface area contributed by atoms with Crippen molar-refractivity contribution in [3.63, 3.8) is 0 Å². The van der Waals surface area contributed by atoms with Crippen LogP contribution in [0, 0.1) is 0 Å². The van der Waals surface area contributed by atoms with Crippen molar-refractivity contribution in [1.29, 1.82) is 0 Å². The number of likely N-dealkylation sites (N-methyl/N-ethyl adjacent to an activating group) is 1. The van der Waals surface area contributed by atoms with Gasteiger partial charge in [-0.2, -0.15) is 4.98 Å². The molecule has 8 heteroatoms. The molecule has 1 aliphatic heterocycles. The predicted octanol–water partition coefficient (Wildman–Crippen LogP) is 4.96. The van der Waals surface area contributed by atoms with Gasteiger partial charge in [0.05, 0.1) is 5.69 Å². The van der Waals surface area contributed by atoms with Gasteiger partial charge in [0.1, 0.15) is 18.2 Å². The number of hydrogen-bond donors (Lipinski definition) is 1. The van der Waals surface area contributed by atoms with Crippen LogP contribution in [0.2, 0.25) is 5.02 Å². The smallest absolute Gasteiger partial charge is 0.229 e. The lowest BCUT2D eigenvalue weighted by atomic mass is 10.1. The highest BCUT2D eigenvalue weighted by atomic mass is 35.5. The van der Waals surface area contributed by atoms with E-state index in [0.29, 0.717) is 17.6 Å². The van der Waals surface area contributed by atoms with Crippen LogP contribution >= 0.6 is 11.6 Å². The van der Waals surface area contributed by atoms with Gasteiger partial charge < -0.3 is 19.5 Å². The topological polar surface area (TPSA) is 58.5 Å². The molecule has 0 bridgehead atoms. The molecule has 1 fully saturated rings. The molecule has 5 rings (SSSR count). The van der Waals surface area contributed by atoms with Gasteiger partial charge in [-0.05, 0) is 43.4 Å². The monoisotopic (exact) mass is 488 g/mol. The number of rotatable bonds is 8. The van der Waals surface area contributed by atoms with Crippen LogP contribution in [0.15, 0.2) is 79.1 Å². The molecular formula is C27H29ClN6O. The fourth-order valence-corrected chi connectivity index (χ4v) is 4.16. The van der Waals surface area contributed by atoms with E-state index in [-0.39, 0.29) is 0 Å². The molecule has 180 valence electrons. The van der Waals surface area contributed by atoms with E-state index >= 15 is 0 Å². The van der Waals surface area contributed by atoms with Crippen LogP contribution in [-0.4, -0.2) is 70.7 Å².